The number of rotatable bonds is 6. The number of hydrogen-bond donors (Lipinski definition) is 2. The van der Waals surface area contributed by atoms with Crippen LogP contribution in [0.1, 0.15) is 22.5 Å². The number of benzene rings is 1. The number of nitrogens with zero attached hydrogens (tertiary/aromatic N) is 1. The molecule has 0 radical (unpaired) electrons. The van der Waals surface area contributed by atoms with Crippen LogP contribution in [-0.4, -0.2) is 38.7 Å². The van der Waals surface area contributed by atoms with E-state index in [0.29, 0.717) is 15.0 Å². The van der Waals surface area contributed by atoms with Crippen molar-refractivity contribution in [2.75, 3.05) is 11.9 Å². The predicted octanol–water partition coefficient (Wildman–Crippen LogP) is 3.21. The number of hydrogen-bond acceptors (Lipinski definition) is 6. The van der Waals surface area contributed by atoms with Crippen LogP contribution >= 0.6 is 24.0 Å². The topological polar surface area (TPSA) is 99.9 Å². The van der Waals surface area contributed by atoms with Gasteiger partial charge in [-0.1, -0.05) is 36.1 Å². The quantitative estimate of drug-likeness (QED) is 0.565. The number of para-hydroxylation sites is 1. The second kappa shape index (κ2) is 8.19. The number of carboxylic acid groups (broad SMARTS) is 1. The molecule has 2 amide bonds. The van der Waals surface area contributed by atoms with E-state index in [-0.39, 0.29) is 30.1 Å². The van der Waals surface area contributed by atoms with Crippen LogP contribution in [0.2, 0.25) is 0 Å². The lowest BCUT2D eigenvalue weighted by Crippen LogP contribution is -2.31. The van der Waals surface area contributed by atoms with Gasteiger partial charge in [0.25, 0.3) is 5.91 Å². The van der Waals surface area contributed by atoms with Crippen LogP contribution in [0, 0.1) is 0 Å². The van der Waals surface area contributed by atoms with Gasteiger partial charge in [0.2, 0.25) is 5.91 Å². The summed E-state index contributed by atoms with van der Waals surface area (Å²) in [6.45, 7) is 0.0984. The SMILES string of the molecule is O=C(CCN1C(=O)/C(=C\c2ccco2)SC1=S)Nc1ccccc1C(=O)O. The van der Waals surface area contributed by atoms with Crippen molar-refractivity contribution in [3.63, 3.8) is 0 Å². The summed E-state index contributed by atoms with van der Waals surface area (Å²) < 4.78 is 5.55. The number of carboxylic acids is 1. The highest BCUT2D eigenvalue weighted by Gasteiger charge is 2.32. The fourth-order valence-electron chi connectivity index (χ4n) is 2.40. The zero-order chi connectivity index (χ0) is 19.4. The second-order valence-electron chi connectivity index (χ2n) is 5.50. The van der Waals surface area contributed by atoms with Gasteiger partial charge in [0.1, 0.15) is 10.1 Å². The van der Waals surface area contributed by atoms with Gasteiger partial charge in [-0.3, -0.25) is 14.5 Å². The highest BCUT2D eigenvalue weighted by molar-refractivity contribution is 8.26. The standard InChI is InChI=1S/C18H14N2O5S2/c21-15(19-13-6-2-1-5-12(13)17(23)24)7-8-20-16(22)14(27-18(20)26)10-11-4-3-9-25-11/h1-6,9-10H,7-8H2,(H,19,21)(H,23,24)/b14-10+. The molecule has 138 valence electrons. The number of furan rings is 1. The molecule has 2 aromatic rings. The smallest absolute Gasteiger partial charge is 0.337 e. The van der Waals surface area contributed by atoms with Crippen LogP contribution in [0.4, 0.5) is 5.69 Å². The molecule has 7 nitrogen and oxygen atoms in total. The van der Waals surface area contributed by atoms with Crippen molar-refractivity contribution < 1.29 is 23.9 Å². The summed E-state index contributed by atoms with van der Waals surface area (Å²) in [5, 5.41) is 11.7. The minimum atomic E-state index is -1.13. The Labute approximate surface area is 164 Å². The normalized spacial score (nSPS) is 15.4. The van der Waals surface area contributed by atoms with Crippen molar-refractivity contribution in [1.82, 2.24) is 4.90 Å². The summed E-state index contributed by atoms with van der Waals surface area (Å²) in [5.74, 6) is -1.29. The lowest BCUT2D eigenvalue weighted by atomic mass is 10.2. The number of carbonyl (C=O) groups excluding carboxylic acids is 2. The maximum atomic E-state index is 12.5. The first-order chi connectivity index (χ1) is 13.0. The molecule has 0 spiro atoms. The number of amides is 2. The average Bonchev–Trinajstić information content (AvgIpc) is 3.23. The van der Waals surface area contributed by atoms with E-state index in [2.05, 4.69) is 5.32 Å². The van der Waals surface area contributed by atoms with E-state index in [1.54, 1.807) is 30.3 Å². The Morgan fingerprint density at radius 2 is 2.04 bits per heavy atom. The third kappa shape index (κ3) is 4.44. The highest BCUT2D eigenvalue weighted by atomic mass is 32.2. The summed E-state index contributed by atoms with van der Waals surface area (Å²) >= 11 is 6.36. The van der Waals surface area contributed by atoms with Crippen LogP contribution in [0.5, 0.6) is 0 Å². The molecule has 27 heavy (non-hydrogen) atoms. The molecule has 0 atom stereocenters. The predicted molar refractivity (Wildman–Crippen MR) is 105 cm³/mol. The number of carbonyl (C=O) groups is 3. The summed E-state index contributed by atoms with van der Waals surface area (Å²) in [4.78, 5) is 37.6. The Bertz CT molecular complexity index is 937. The summed E-state index contributed by atoms with van der Waals surface area (Å²) in [7, 11) is 0. The summed E-state index contributed by atoms with van der Waals surface area (Å²) in [6, 6.07) is 9.55. The average molecular weight is 402 g/mol. The molecule has 1 aromatic heterocycles. The van der Waals surface area contributed by atoms with Crippen LogP contribution in [-0.2, 0) is 9.59 Å². The number of anilines is 1. The first-order valence-corrected chi connectivity index (χ1v) is 9.09. The fourth-order valence-corrected chi connectivity index (χ4v) is 3.69. The van der Waals surface area contributed by atoms with Crippen molar-refractivity contribution >= 4 is 57.8 Å². The first kappa shape index (κ1) is 18.9. The van der Waals surface area contributed by atoms with Gasteiger partial charge in [0, 0.05) is 19.0 Å². The number of thiocarbonyl (C=S) groups is 1. The number of aromatic carboxylic acids is 1. The molecular weight excluding hydrogens is 388 g/mol. The van der Waals surface area contributed by atoms with E-state index in [9.17, 15) is 14.4 Å². The first-order valence-electron chi connectivity index (χ1n) is 7.87. The second-order valence-corrected chi connectivity index (χ2v) is 7.17. The molecular formula is C18H14N2O5S2. The molecule has 1 aromatic carbocycles. The van der Waals surface area contributed by atoms with E-state index in [1.165, 1.54) is 23.3 Å². The van der Waals surface area contributed by atoms with Gasteiger partial charge >= 0.3 is 5.97 Å². The van der Waals surface area contributed by atoms with Gasteiger partial charge in [-0.05, 0) is 24.3 Å². The van der Waals surface area contributed by atoms with Crippen LogP contribution in [0.3, 0.4) is 0 Å². The van der Waals surface area contributed by atoms with Gasteiger partial charge in [-0.2, -0.15) is 0 Å². The van der Waals surface area contributed by atoms with Gasteiger partial charge in [0.15, 0.2) is 0 Å². The summed E-state index contributed by atoms with van der Waals surface area (Å²) in [6.07, 6.45) is 3.09. The molecule has 2 heterocycles. The van der Waals surface area contributed by atoms with E-state index >= 15 is 0 Å². The number of thioether (sulfide) groups is 1. The van der Waals surface area contributed by atoms with Gasteiger partial charge in [-0.15, -0.1) is 0 Å². The van der Waals surface area contributed by atoms with E-state index in [4.69, 9.17) is 21.7 Å². The molecule has 1 aliphatic heterocycles. The van der Waals surface area contributed by atoms with Gasteiger partial charge in [0.05, 0.1) is 22.4 Å². The monoisotopic (exact) mass is 402 g/mol. The van der Waals surface area contributed by atoms with Crippen molar-refractivity contribution in [2.45, 2.75) is 6.42 Å². The van der Waals surface area contributed by atoms with Crippen molar-refractivity contribution in [2.24, 2.45) is 0 Å². The van der Waals surface area contributed by atoms with Crippen molar-refractivity contribution in [3.8, 4) is 0 Å². The Kier molecular flexibility index (Phi) is 5.72. The summed E-state index contributed by atoms with van der Waals surface area (Å²) in [5.41, 5.74) is 0.205. The van der Waals surface area contributed by atoms with Crippen molar-refractivity contribution in [3.05, 3.63) is 58.9 Å². The molecule has 0 saturated carbocycles. The minimum Gasteiger partial charge on any atom is -0.478 e. The third-order valence-corrected chi connectivity index (χ3v) is 5.06. The molecule has 9 heteroatoms. The van der Waals surface area contributed by atoms with Crippen molar-refractivity contribution in [1.29, 1.82) is 0 Å². The van der Waals surface area contributed by atoms with E-state index in [0.717, 1.165) is 11.8 Å². The van der Waals surface area contributed by atoms with Gasteiger partial charge in [-0.25, -0.2) is 4.79 Å². The lowest BCUT2D eigenvalue weighted by Gasteiger charge is -2.14. The number of nitrogens with one attached hydrogen (secondary N) is 1. The van der Waals surface area contributed by atoms with E-state index in [1.807, 2.05) is 0 Å². The molecule has 1 saturated heterocycles. The molecule has 1 aliphatic rings. The lowest BCUT2D eigenvalue weighted by molar-refractivity contribution is -0.122. The largest absolute Gasteiger partial charge is 0.478 e. The van der Waals surface area contributed by atoms with Crippen LogP contribution < -0.4 is 5.32 Å². The highest BCUT2D eigenvalue weighted by Crippen LogP contribution is 2.32. The van der Waals surface area contributed by atoms with Gasteiger partial charge < -0.3 is 14.8 Å². The van der Waals surface area contributed by atoms with E-state index < -0.39 is 11.9 Å². The zero-order valence-corrected chi connectivity index (χ0v) is 15.5. The zero-order valence-electron chi connectivity index (χ0n) is 13.9. The molecule has 0 bridgehead atoms. The Balaban J connectivity index is 1.61. The Hall–Kier alpha value is -2.91. The minimum absolute atomic E-state index is 0.00200. The Morgan fingerprint density at radius 3 is 2.74 bits per heavy atom. The molecule has 0 unspecified atom stereocenters. The van der Waals surface area contributed by atoms with Crippen LogP contribution in [0.25, 0.3) is 6.08 Å². The molecule has 2 N–H and O–H groups in total. The third-order valence-electron chi connectivity index (χ3n) is 3.68. The molecule has 0 aliphatic carbocycles. The maximum Gasteiger partial charge on any atom is 0.337 e. The fraction of sp³-hybridized carbons (Fsp3) is 0.111. The maximum absolute atomic E-state index is 12.5. The van der Waals surface area contributed by atoms with Crippen LogP contribution in [0.15, 0.2) is 52.0 Å². The Morgan fingerprint density at radius 1 is 1.26 bits per heavy atom. The molecule has 3 rings (SSSR count). The molecule has 1 fully saturated rings.